The van der Waals surface area contributed by atoms with Gasteiger partial charge in [0.15, 0.2) is 0 Å². The van der Waals surface area contributed by atoms with Crippen LogP contribution in [0.5, 0.6) is 0 Å². The molecule has 4 heteroatoms. The molecular formula is C11H22N2O2. The molecule has 0 radical (unpaired) electrons. The Morgan fingerprint density at radius 3 is 2.53 bits per heavy atom. The molecule has 2 aliphatic rings. The highest BCUT2D eigenvalue weighted by atomic mass is 16.5. The van der Waals surface area contributed by atoms with Crippen LogP contribution in [0.4, 0.5) is 0 Å². The van der Waals surface area contributed by atoms with Crippen molar-refractivity contribution in [1.82, 2.24) is 4.90 Å². The maximum atomic E-state index is 5.98. The van der Waals surface area contributed by atoms with Gasteiger partial charge in [0.1, 0.15) is 0 Å². The highest BCUT2D eigenvalue weighted by molar-refractivity contribution is 4.82. The molecule has 2 atom stereocenters. The molecule has 2 saturated heterocycles. The molecule has 4 nitrogen and oxygen atoms in total. The Morgan fingerprint density at radius 1 is 1.20 bits per heavy atom. The normalized spacial score (nSPS) is 33.8. The van der Waals surface area contributed by atoms with Crippen LogP contribution in [0.15, 0.2) is 0 Å². The monoisotopic (exact) mass is 214 g/mol. The zero-order chi connectivity index (χ0) is 10.7. The van der Waals surface area contributed by atoms with Gasteiger partial charge in [-0.15, -0.1) is 0 Å². The lowest BCUT2D eigenvalue weighted by atomic mass is 10.0. The largest absolute Gasteiger partial charge is 0.381 e. The minimum Gasteiger partial charge on any atom is -0.381 e. The summed E-state index contributed by atoms with van der Waals surface area (Å²) >= 11 is 0. The lowest BCUT2D eigenvalue weighted by Crippen LogP contribution is -2.43. The predicted octanol–water partition coefficient (Wildman–Crippen LogP) is 0.0709. The Bertz CT molecular complexity index is 195. The fourth-order valence-corrected chi connectivity index (χ4v) is 2.45. The summed E-state index contributed by atoms with van der Waals surface area (Å²) in [5.41, 5.74) is 5.98. The van der Waals surface area contributed by atoms with E-state index in [4.69, 9.17) is 15.2 Å². The first-order valence-electron chi connectivity index (χ1n) is 5.88. The van der Waals surface area contributed by atoms with E-state index in [1.54, 1.807) is 0 Å². The van der Waals surface area contributed by atoms with Crippen molar-refractivity contribution in [3.63, 3.8) is 0 Å². The molecule has 0 aromatic heterocycles. The Labute approximate surface area is 91.7 Å². The van der Waals surface area contributed by atoms with Gasteiger partial charge in [0, 0.05) is 37.8 Å². The first-order chi connectivity index (χ1) is 7.27. The average Bonchev–Trinajstić information content (AvgIpc) is 2.66. The number of nitrogens with two attached hydrogens (primary N) is 1. The van der Waals surface area contributed by atoms with Gasteiger partial charge < -0.3 is 20.1 Å². The van der Waals surface area contributed by atoms with E-state index in [9.17, 15) is 0 Å². The third-order valence-corrected chi connectivity index (χ3v) is 3.58. The van der Waals surface area contributed by atoms with Crippen molar-refractivity contribution < 1.29 is 9.47 Å². The van der Waals surface area contributed by atoms with Crippen molar-refractivity contribution in [1.29, 1.82) is 0 Å². The van der Waals surface area contributed by atoms with E-state index in [2.05, 4.69) is 11.9 Å². The van der Waals surface area contributed by atoms with Crippen molar-refractivity contribution >= 4 is 0 Å². The minimum absolute atomic E-state index is 0.229. The van der Waals surface area contributed by atoms with Gasteiger partial charge in [0.05, 0.1) is 13.2 Å². The number of ether oxygens (including phenoxy) is 2. The Balaban J connectivity index is 1.77. The summed E-state index contributed by atoms with van der Waals surface area (Å²) in [5.74, 6) is 0.512. The van der Waals surface area contributed by atoms with Crippen molar-refractivity contribution in [3.8, 4) is 0 Å². The molecule has 15 heavy (non-hydrogen) atoms. The first-order valence-corrected chi connectivity index (χ1v) is 5.88. The number of rotatable bonds is 3. The van der Waals surface area contributed by atoms with E-state index < -0.39 is 0 Å². The van der Waals surface area contributed by atoms with Gasteiger partial charge in [0.2, 0.25) is 0 Å². The fraction of sp³-hybridized carbons (Fsp3) is 1.00. The molecule has 2 aliphatic heterocycles. The van der Waals surface area contributed by atoms with Crippen LogP contribution in [0.2, 0.25) is 0 Å². The fourth-order valence-electron chi connectivity index (χ4n) is 2.45. The van der Waals surface area contributed by atoms with Crippen molar-refractivity contribution in [2.75, 3.05) is 40.0 Å². The van der Waals surface area contributed by atoms with E-state index in [-0.39, 0.29) is 6.04 Å². The Morgan fingerprint density at radius 2 is 1.93 bits per heavy atom. The molecule has 0 amide bonds. The summed E-state index contributed by atoms with van der Waals surface area (Å²) in [6.45, 7) is 4.43. The maximum absolute atomic E-state index is 5.98. The molecule has 2 unspecified atom stereocenters. The van der Waals surface area contributed by atoms with Crippen molar-refractivity contribution in [2.24, 2.45) is 11.7 Å². The second-order valence-corrected chi connectivity index (χ2v) is 4.74. The average molecular weight is 214 g/mol. The van der Waals surface area contributed by atoms with E-state index in [1.165, 1.54) is 0 Å². The van der Waals surface area contributed by atoms with E-state index in [0.29, 0.717) is 12.0 Å². The molecule has 2 fully saturated rings. The topological polar surface area (TPSA) is 47.7 Å². The molecule has 2 heterocycles. The maximum Gasteiger partial charge on any atom is 0.0621 e. The third kappa shape index (κ3) is 2.91. The molecular weight excluding hydrogens is 192 g/mol. The van der Waals surface area contributed by atoms with Crippen LogP contribution >= 0.6 is 0 Å². The van der Waals surface area contributed by atoms with Crippen LogP contribution < -0.4 is 5.73 Å². The number of nitrogens with zero attached hydrogens (tertiary/aromatic N) is 1. The first kappa shape index (κ1) is 11.3. The summed E-state index contributed by atoms with van der Waals surface area (Å²) < 4.78 is 10.7. The van der Waals surface area contributed by atoms with Gasteiger partial charge >= 0.3 is 0 Å². The van der Waals surface area contributed by atoms with Crippen LogP contribution in [0, 0.1) is 5.92 Å². The summed E-state index contributed by atoms with van der Waals surface area (Å²) in [7, 11) is 2.20. The predicted molar refractivity (Wildman–Crippen MR) is 58.8 cm³/mol. The smallest absolute Gasteiger partial charge is 0.0621 e. The summed E-state index contributed by atoms with van der Waals surface area (Å²) in [4.78, 5) is 2.43. The standard InChI is InChI=1S/C11H22N2O2/c1-13(10-2-4-14-5-3-10)6-9-7-15-8-11(9)12/h9-11H,2-8,12H2,1H3. The van der Waals surface area contributed by atoms with Crippen LogP contribution in [-0.2, 0) is 9.47 Å². The molecule has 2 N–H and O–H groups in total. The Hall–Kier alpha value is -0.160. The second kappa shape index (κ2) is 5.25. The third-order valence-electron chi connectivity index (χ3n) is 3.58. The van der Waals surface area contributed by atoms with Gasteiger partial charge in [0.25, 0.3) is 0 Å². The lowest BCUT2D eigenvalue weighted by Gasteiger charge is -2.33. The number of hydrogen-bond donors (Lipinski definition) is 1. The minimum atomic E-state index is 0.229. The zero-order valence-corrected chi connectivity index (χ0v) is 9.52. The Kier molecular flexibility index (Phi) is 3.97. The number of hydrogen-bond acceptors (Lipinski definition) is 4. The van der Waals surface area contributed by atoms with Crippen molar-refractivity contribution in [2.45, 2.75) is 24.9 Å². The molecule has 0 aromatic carbocycles. The molecule has 0 saturated carbocycles. The van der Waals surface area contributed by atoms with Crippen molar-refractivity contribution in [3.05, 3.63) is 0 Å². The van der Waals surface area contributed by atoms with Gasteiger partial charge in [-0.25, -0.2) is 0 Å². The van der Waals surface area contributed by atoms with E-state index >= 15 is 0 Å². The van der Waals surface area contributed by atoms with Crippen LogP contribution in [0.25, 0.3) is 0 Å². The van der Waals surface area contributed by atoms with Crippen LogP contribution in [0.3, 0.4) is 0 Å². The second-order valence-electron chi connectivity index (χ2n) is 4.74. The van der Waals surface area contributed by atoms with Gasteiger partial charge in [-0.3, -0.25) is 0 Å². The molecule has 0 aromatic rings. The van der Waals surface area contributed by atoms with Gasteiger partial charge in [-0.1, -0.05) is 0 Å². The summed E-state index contributed by atoms with van der Waals surface area (Å²) in [5, 5.41) is 0. The molecule has 0 aliphatic carbocycles. The SMILES string of the molecule is CN(CC1COCC1N)C1CCOCC1. The van der Waals surface area contributed by atoms with E-state index in [0.717, 1.165) is 45.8 Å². The van der Waals surface area contributed by atoms with Crippen LogP contribution in [0.1, 0.15) is 12.8 Å². The molecule has 0 bridgehead atoms. The van der Waals surface area contributed by atoms with Gasteiger partial charge in [-0.2, -0.15) is 0 Å². The molecule has 2 rings (SSSR count). The summed E-state index contributed by atoms with van der Waals surface area (Å²) in [6.07, 6.45) is 2.30. The zero-order valence-electron chi connectivity index (χ0n) is 9.52. The highest BCUT2D eigenvalue weighted by Crippen LogP contribution is 2.18. The van der Waals surface area contributed by atoms with Gasteiger partial charge in [-0.05, 0) is 19.9 Å². The lowest BCUT2D eigenvalue weighted by molar-refractivity contribution is 0.0371. The molecule has 88 valence electrons. The summed E-state index contributed by atoms with van der Waals surface area (Å²) in [6, 6.07) is 0.902. The van der Waals surface area contributed by atoms with Crippen LogP contribution in [-0.4, -0.2) is 57.0 Å². The van der Waals surface area contributed by atoms with E-state index in [1.807, 2.05) is 0 Å². The quantitative estimate of drug-likeness (QED) is 0.722. The molecule has 0 spiro atoms. The highest BCUT2D eigenvalue weighted by Gasteiger charge is 2.28.